The highest BCUT2D eigenvalue weighted by atomic mass is 19.1. The van der Waals surface area contributed by atoms with Gasteiger partial charge in [-0.05, 0) is 87.3 Å². The minimum Gasteiger partial charge on any atom is -0.475 e. The van der Waals surface area contributed by atoms with E-state index >= 15 is 0 Å². The van der Waals surface area contributed by atoms with E-state index in [1.807, 2.05) is 12.1 Å². The molecule has 4 aliphatic rings. The van der Waals surface area contributed by atoms with E-state index in [9.17, 15) is 14.3 Å². The molecule has 2 aromatic rings. The Morgan fingerprint density at radius 3 is 2.62 bits per heavy atom. The fourth-order valence-electron chi connectivity index (χ4n) is 7.05. The number of allylic oxidation sites excluding steroid dienone is 1. The molecule has 1 saturated carbocycles. The van der Waals surface area contributed by atoms with Gasteiger partial charge in [-0.25, -0.2) is 24.1 Å². The van der Waals surface area contributed by atoms with Crippen LogP contribution in [0.1, 0.15) is 81.0 Å². The Balaban J connectivity index is 1.42. The summed E-state index contributed by atoms with van der Waals surface area (Å²) in [7, 11) is 0. The van der Waals surface area contributed by atoms with Gasteiger partial charge in [0.2, 0.25) is 5.82 Å². The summed E-state index contributed by atoms with van der Waals surface area (Å²) in [5.74, 6) is 0.530. The van der Waals surface area contributed by atoms with Gasteiger partial charge in [0.05, 0.1) is 12.7 Å². The Hall–Kier alpha value is -3.49. The monoisotopic (exact) mass is 532 g/mol. The van der Waals surface area contributed by atoms with Crippen LogP contribution in [0.4, 0.5) is 21.7 Å². The van der Waals surface area contributed by atoms with Crippen molar-refractivity contribution in [3.8, 4) is 0 Å². The zero-order valence-corrected chi connectivity index (χ0v) is 22.7. The van der Waals surface area contributed by atoms with Gasteiger partial charge in [0.15, 0.2) is 11.6 Å². The lowest BCUT2D eigenvalue weighted by Gasteiger charge is -2.53. The maximum Gasteiger partial charge on any atom is 0.374 e. The van der Waals surface area contributed by atoms with Gasteiger partial charge in [0, 0.05) is 24.2 Å². The predicted molar refractivity (Wildman–Crippen MR) is 150 cm³/mol. The highest BCUT2D eigenvalue weighted by Crippen LogP contribution is 2.50. The molecule has 0 bridgehead atoms. The lowest BCUT2D eigenvalue weighted by atomic mass is 9.73. The van der Waals surface area contributed by atoms with Crippen LogP contribution >= 0.6 is 0 Å². The highest BCUT2D eigenvalue weighted by Gasteiger charge is 2.43. The number of aliphatic imine (C=N–C) groups is 1. The summed E-state index contributed by atoms with van der Waals surface area (Å²) in [6.45, 7) is 9.59. The van der Waals surface area contributed by atoms with Gasteiger partial charge in [-0.2, -0.15) is 0 Å². The summed E-state index contributed by atoms with van der Waals surface area (Å²) in [4.78, 5) is 29.7. The van der Waals surface area contributed by atoms with Crippen LogP contribution in [0.25, 0.3) is 0 Å². The number of carboxylic acid groups (broad SMARTS) is 1. The minimum atomic E-state index is -1.19. The van der Waals surface area contributed by atoms with E-state index in [-0.39, 0.29) is 29.5 Å². The average Bonchev–Trinajstić information content (AvgIpc) is 2.89. The van der Waals surface area contributed by atoms with Crippen molar-refractivity contribution in [2.24, 2.45) is 22.7 Å². The Kier molecular flexibility index (Phi) is 6.77. The molecule has 1 aromatic heterocycles. The maximum absolute atomic E-state index is 13.8. The quantitative estimate of drug-likeness (QED) is 0.412. The Labute approximate surface area is 229 Å². The van der Waals surface area contributed by atoms with E-state index < -0.39 is 5.97 Å². The number of nitrogens with zero attached hydrogens (tertiary/aromatic N) is 5. The van der Waals surface area contributed by atoms with Gasteiger partial charge in [-0.3, -0.25) is 0 Å². The van der Waals surface area contributed by atoms with Crippen molar-refractivity contribution in [3.05, 3.63) is 52.7 Å². The summed E-state index contributed by atoms with van der Waals surface area (Å²) in [6, 6.07) is 7.18. The summed E-state index contributed by atoms with van der Waals surface area (Å²) >= 11 is 0. The second-order valence-corrected chi connectivity index (χ2v) is 11.7. The van der Waals surface area contributed by atoms with Crippen LogP contribution < -0.4 is 10.2 Å². The molecule has 1 aromatic carbocycles. The first-order valence-electron chi connectivity index (χ1n) is 14.2. The van der Waals surface area contributed by atoms with Gasteiger partial charge in [-0.15, -0.1) is 0 Å². The van der Waals surface area contributed by atoms with Crippen molar-refractivity contribution in [2.45, 2.75) is 70.9 Å². The lowest BCUT2D eigenvalue weighted by molar-refractivity contribution is 0.0683. The second kappa shape index (κ2) is 10.2. The fourth-order valence-corrected chi connectivity index (χ4v) is 7.05. The highest BCUT2D eigenvalue weighted by molar-refractivity contribution is 5.88. The molecule has 0 amide bonds. The van der Waals surface area contributed by atoms with Crippen LogP contribution in [0.5, 0.6) is 0 Å². The number of hydrogen-bond donors (Lipinski definition) is 2. The lowest BCUT2D eigenvalue weighted by Crippen LogP contribution is -2.53. The molecule has 206 valence electrons. The third kappa shape index (κ3) is 4.66. The van der Waals surface area contributed by atoms with Crippen LogP contribution in [-0.4, -0.2) is 51.9 Å². The molecule has 2 aliphatic carbocycles. The van der Waals surface area contributed by atoms with Gasteiger partial charge < -0.3 is 20.2 Å². The van der Waals surface area contributed by atoms with Crippen LogP contribution in [0.3, 0.4) is 0 Å². The molecule has 9 heteroatoms. The summed E-state index contributed by atoms with van der Waals surface area (Å²) in [6.07, 6.45) is 7.79. The van der Waals surface area contributed by atoms with Gasteiger partial charge in [0.25, 0.3) is 0 Å². The average molecular weight is 533 g/mol. The SMILES string of the molecule is C=Nc1nc(C(=O)O)nc(N[C@H](C)C2CCC2)c1N1C[C@@H]2CC[C@@H](C)C3=C2N(C1)C(c1ccc(F)cc1)CC3. The third-order valence-corrected chi connectivity index (χ3v) is 9.39. The van der Waals surface area contributed by atoms with Crippen molar-refractivity contribution < 1.29 is 14.3 Å². The summed E-state index contributed by atoms with van der Waals surface area (Å²) in [5.41, 5.74) is 4.82. The van der Waals surface area contributed by atoms with Crippen molar-refractivity contribution in [1.82, 2.24) is 14.9 Å². The molecule has 0 spiro atoms. The molecule has 0 radical (unpaired) electrons. The molecule has 1 unspecified atom stereocenters. The number of benzene rings is 1. The van der Waals surface area contributed by atoms with E-state index in [2.05, 4.69) is 50.6 Å². The minimum absolute atomic E-state index is 0.129. The molecule has 39 heavy (non-hydrogen) atoms. The second-order valence-electron chi connectivity index (χ2n) is 11.7. The summed E-state index contributed by atoms with van der Waals surface area (Å²) in [5, 5.41) is 13.3. The molecule has 8 nitrogen and oxygen atoms in total. The van der Waals surface area contributed by atoms with E-state index in [1.54, 1.807) is 17.7 Å². The largest absolute Gasteiger partial charge is 0.475 e. The maximum atomic E-state index is 13.8. The number of hydrogen-bond acceptors (Lipinski definition) is 7. The predicted octanol–water partition coefficient (Wildman–Crippen LogP) is 6.16. The van der Waals surface area contributed by atoms with Crippen molar-refractivity contribution >= 4 is 30.0 Å². The molecule has 6 rings (SSSR count). The first-order valence-corrected chi connectivity index (χ1v) is 14.2. The number of anilines is 2. The number of carboxylic acids is 1. The van der Waals surface area contributed by atoms with E-state index in [1.165, 1.54) is 12.1 Å². The number of aromatic carboxylic acids is 1. The molecule has 3 heterocycles. The normalized spacial score (nSPS) is 25.6. The van der Waals surface area contributed by atoms with E-state index in [0.29, 0.717) is 35.9 Å². The van der Waals surface area contributed by atoms with E-state index in [4.69, 9.17) is 0 Å². The molecular formula is C30H37FN6O2. The third-order valence-electron chi connectivity index (χ3n) is 9.39. The molecule has 2 aliphatic heterocycles. The molecule has 2 fully saturated rings. The number of aromatic nitrogens is 2. The first-order chi connectivity index (χ1) is 18.8. The van der Waals surface area contributed by atoms with Crippen LogP contribution in [0.2, 0.25) is 0 Å². The standard InChI is InChI=1S/C30H37FN6O2/c1-17-7-8-21-15-36(16-37-24(14-13-23(17)25(21)37)20-9-11-22(31)12-10-20)26-27(32-3)34-29(30(38)39)35-28(26)33-18(2)19-5-4-6-19/h9-12,17-19,21,24H,3-8,13-16H2,1-2H3,(H,38,39)(H,33,34,35)/t17-,18-,21+,24?/m1/s1. The summed E-state index contributed by atoms with van der Waals surface area (Å²) < 4.78 is 13.8. The topological polar surface area (TPSA) is 93.9 Å². The van der Waals surface area contributed by atoms with Crippen LogP contribution in [-0.2, 0) is 0 Å². The van der Waals surface area contributed by atoms with Gasteiger partial charge >= 0.3 is 5.97 Å². The van der Waals surface area contributed by atoms with Crippen molar-refractivity contribution in [1.29, 1.82) is 0 Å². The Morgan fingerprint density at radius 1 is 1.18 bits per heavy atom. The fraction of sp³-hybridized carbons (Fsp3) is 0.533. The smallest absolute Gasteiger partial charge is 0.374 e. The van der Waals surface area contributed by atoms with Crippen molar-refractivity contribution in [3.63, 3.8) is 0 Å². The number of halogens is 1. The Bertz CT molecular complexity index is 1310. The molecule has 1 saturated heterocycles. The Morgan fingerprint density at radius 2 is 1.95 bits per heavy atom. The number of nitrogens with one attached hydrogen (secondary N) is 1. The number of rotatable bonds is 7. The van der Waals surface area contributed by atoms with Crippen LogP contribution in [0.15, 0.2) is 40.5 Å². The zero-order valence-electron chi connectivity index (χ0n) is 22.7. The zero-order chi connectivity index (χ0) is 27.3. The first kappa shape index (κ1) is 25.8. The molecule has 2 N–H and O–H groups in total. The number of carbonyl (C=O) groups is 1. The van der Waals surface area contributed by atoms with Crippen molar-refractivity contribution in [2.75, 3.05) is 23.4 Å². The van der Waals surface area contributed by atoms with Crippen LogP contribution in [0, 0.1) is 23.6 Å². The molecular weight excluding hydrogens is 495 g/mol. The molecule has 4 atom stereocenters. The van der Waals surface area contributed by atoms with E-state index in [0.717, 1.165) is 50.6 Å². The van der Waals surface area contributed by atoms with Gasteiger partial charge in [0.1, 0.15) is 11.5 Å². The van der Waals surface area contributed by atoms with Gasteiger partial charge in [-0.1, -0.05) is 25.5 Å².